The molecule has 0 fully saturated rings. The van der Waals surface area contributed by atoms with Gasteiger partial charge in [-0.3, -0.25) is 4.79 Å². The molecule has 0 radical (unpaired) electrons. The van der Waals surface area contributed by atoms with Gasteiger partial charge < -0.3 is 9.64 Å². The Morgan fingerprint density at radius 2 is 1.95 bits per heavy atom. The lowest BCUT2D eigenvalue weighted by atomic mass is 10.0. The number of likely N-dealkylation sites (N-methyl/N-ethyl adjacent to an activating group) is 1. The number of nitrogens with zero attached hydrogens (tertiary/aromatic N) is 1. The minimum Gasteiger partial charge on any atom is -0.464 e. The van der Waals surface area contributed by atoms with E-state index in [1.165, 1.54) is 30.1 Å². The molecule has 1 aromatic rings. The monoisotopic (exact) mass is 281 g/mol. The van der Waals surface area contributed by atoms with Crippen LogP contribution in [-0.2, 0) is 9.53 Å². The summed E-state index contributed by atoms with van der Waals surface area (Å²) < 4.78 is 18.2. The van der Waals surface area contributed by atoms with Gasteiger partial charge in [-0.25, -0.2) is 9.18 Å². The first-order valence-corrected chi connectivity index (χ1v) is 6.43. The highest BCUT2D eigenvalue weighted by Crippen LogP contribution is 2.19. The number of amides is 1. The van der Waals surface area contributed by atoms with E-state index in [0.29, 0.717) is 11.1 Å². The molecule has 0 aliphatic rings. The van der Waals surface area contributed by atoms with Crippen molar-refractivity contribution in [3.8, 4) is 0 Å². The summed E-state index contributed by atoms with van der Waals surface area (Å²) in [6.45, 7) is 6.76. The van der Waals surface area contributed by atoms with Gasteiger partial charge in [-0.2, -0.15) is 0 Å². The first kappa shape index (κ1) is 16.1. The van der Waals surface area contributed by atoms with E-state index in [-0.39, 0.29) is 18.3 Å². The molecule has 0 aliphatic heterocycles. The maximum Gasteiger partial charge on any atom is 0.331 e. The lowest BCUT2D eigenvalue weighted by Crippen LogP contribution is -2.51. The van der Waals surface area contributed by atoms with E-state index in [0.717, 1.165) is 0 Å². The van der Waals surface area contributed by atoms with Gasteiger partial charge in [-0.15, -0.1) is 0 Å². The number of esters is 1. The standard InChI is InChI=1S/C15H20FNO3/c1-6-20-14(19)15(3,4)17(5)13(18)11-7-8-12(16)10(2)9-11/h7-9H,6H2,1-5H3. The molecule has 0 aromatic heterocycles. The summed E-state index contributed by atoms with van der Waals surface area (Å²) in [5, 5.41) is 0. The fourth-order valence-electron chi connectivity index (χ4n) is 1.67. The van der Waals surface area contributed by atoms with Crippen LogP contribution in [0, 0.1) is 12.7 Å². The minimum atomic E-state index is -1.09. The molecule has 4 nitrogen and oxygen atoms in total. The number of carbonyl (C=O) groups is 2. The van der Waals surface area contributed by atoms with Crippen LogP contribution < -0.4 is 0 Å². The molecule has 0 spiro atoms. The minimum absolute atomic E-state index is 0.250. The quantitative estimate of drug-likeness (QED) is 0.797. The van der Waals surface area contributed by atoms with Crippen LogP contribution in [-0.4, -0.2) is 36.0 Å². The first-order valence-electron chi connectivity index (χ1n) is 6.43. The van der Waals surface area contributed by atoms with Crippen molar-refractivity contribution >= 4 is 11.9 Å². The number of rotatable bonds is 4. The van der Waals surface area contributed by atoms with Crippen LogP contribution in [0.2, 0.25) is 0 Å². The van der Waals surface area contributed by atoms with E-state index in [1.807, 2.05) is 0 Å². The SMILES string of the molecule is CCOC(=O)C(C)(C)N(C)C(=O)c1ccc(F)c(C)c1. The summed E-state index contributed by atoms with van der Waals surface area (Å²) in [4.78, 5) is 25.5. The predicted molar refractivity (Wildman–Crippen MR) is 73.9 cm³/mol. The third kappa shape index (κ3) is 3.15. The molecule has 0 heterocycles. The largest absolute Gasteiger partial charge is 0.464 e. The highest BCUT2D eigenvalue weighted by atomic mass is 19.1. The zero-order valence-electron chi connectivity index (χ0n) is 12.5. The maximum atomic E-state index is 13.2. The van der Waals surface area contributed by atoms with Crippen LogP contribution in [0.15, 0.2) is 18.2 Å². The molecule has 0 N–H and O–H groups in total. The van der Waals surface area contributed by atoms with Crippen molar-refractivity contribution in [1.29, 1.82) is 0 Å². The Kier molecular flexibility index (Phi) is 4.87. The Hall–Kier alpha value is -1.91. The van der Waals surface area contributed by atoms with Gasteiger partial charge in [0.25, 0.3) is 5.91 Å². The second-order valence-electron chi connectivity index (χ2n) is 5.11. The van der Waals surface area contributed by atoms with Crippen LogP contribution in [0.5, 0.6) is 0 Å². The summed E-state index contributed by atoms with van der Waals surface area (Å²) in [5.41, 5.74) is -0.364. The van der Waals surface area contributed by atoms with Gasteiger partial charge in [0.2, 0.25) is 0 Å². The number of halogens is 1. The number of carbonyl (C=O) groups excluding carboxylic acids is 2. The van der Waals surface area contributed by atoms with Crippen molar-refractivity contribution in [2.45, 2.75) is 33.2 Å². The number of hydrogen-bond donors (Lipinski definition) is 0. The second kappa shape index (κ2) is 6.03. The molecule has 0 unspecified atom stereocenters. The number of aryl methyl sites for hydroxylation is 1. The maximum absolute atomic E-state index is 13.2. The summed E-state index contributed by atoms with van der Waals surface area (Å²) in [7, 11) is 1.53. The zero-order valence-corrected chi connectivity index (χ0v) is 12.5. The van der Waals surface area contributed by atoms with E-state index >= 15 is 0 Å². The van der Waals surface area contributed by atoms with Crippen molar-refractivity contribution in [1.82, 2.24) is 4.90 Å². The molecule has 0 atom stereocenters. The van der Waals surface area contributed by atoms with E-state index < -0.39 is 11.5 Å². The molecule has 1 rings (SSSR count). The highest BCUT2D eigenvalue weighted by Gasteiger charge is 2.37. The molecule has 0 saturated heterocycles. The van der Waals surface area contributed by atoms with E-state index in [4.69, 9.17) is 4.74 Å². The van der Waals surface area contributed by atoms with Crippen LogP contribution in [0.3, 0.4) is 0 Å². The highest BCUT2D eigenvalue weighted by molar-refractivity contribution is 5.97. The van der Waals surface area contributed by atoms with Crippen molar-refractivity contribution in [3.63, 3.8) is 0 Å². The summed E-state index contributed by atoms with van der Waals surface area (Å²) in [6, 6.07) is 4.12. The summed E-state index contributed by atoms with van der Waals surface area (Å²) in [6.07, 6.45) is 0. The van der Waals surface area contributed by atoms with Crippen LogP contribution in [0.1, 0.15) is 36.7 Å². The molecule has 5 heteroatoms. The average Bonchev–Trinajstić information content (AvgIpc) is 2.40. The Balaban J connectivity index is 3.01. The lowest BCUT2D eigenvalue weighted by molar-refractivity contribution is -0.153. The van der Waals surface area contributed by atoms with Gasteiger partial charge in [-0.05, 0) is 51.5 Å². The van der Waals surface area contributed by atoms with E-state index in [1.54, 1.807) is 27.7 Å². The molecular weight excluding hydrogens is 261 g/mol. The van der Waals surface area contributed by atoms with E-state index in [2.05, 4.69) is 0 Å². The smallest absolute Gasteiger partial charge is 0.331 e. The van der Waals surface area contributed by atoms with Crippen molar-refractivity contribution in [2.24, 2.45) is 0 Å². The van der Waals surface area contributed by atoms with Gasteiger partial charge in [0.05, 0.1) is 6.61 Å². The Morgan fingerprint density at radius 1 is 1.35 bits per heavy atom. The van der Waals surface area contributed by atoms with Crippen molar-refractivity contribution < 1.29 is 18.7 Å². The van der Waals surface area contributed by atoms with Crippen molar-refractivity contribution in [2.75, 3.05) is 13.7 Å². The van der Waals surface area contributed by atoms with Gasteiger partial charge in [0, 0.05) is 12.6 Å². The Morgan fingerprint density at radius 3 is 2.45 bits per heavy atom. The molecule has 0 bridgehead atoms. The lowest BCUT2D eigenvalue weighted by Gasteiger charge is -2.33. The van der Waals surface area contributed by atoms with Gasteiger partial charge >= 0.3 is 5.97 Å². The number of hydrogen-bond acceptors (Lipinski definition) is 3. The van der Waals surface area contributed by atoms with Gasteiger partial charge in [0.15, 0.2) is 0 Å². The Labute approximate surface area is 118 Å². The van der Waals surface area contributed by atoms with Gasteiger partial charge in [-0.1, -0.05) is 0 Å². The van der Waals surface area contributed by atoms with Crippen molar-refractivity contribution in [3.05, 3.63) is 35.1 Å². The zero-order chi connectivity index (χ0) is 15.5. The van der Waals surface area contributed by atoms with Crippen LogP contribution in [0.4, 0.5) is 4.39 Å². The third-order valence-corrected chi connectivity index (χ3v) is 3.32. The van der Waals surface area contributed by atoms with Crippen LogP contribution in [0.25, 0.3) is 0 Å². The fourth-order valence-corrected chi connectivity index (χ4v) is 1.67. The predicted octanol–water partition coefficient (Wildman–Crippen LogP) is 2.55. The third-order valence-electron chi connectivity index (χ3n) is 3.32. The van der Waals surface area contributed by atoms with Gasteiger partial charge in [0.1, 0.15) is 11.4 Å². The topological polar surface area (TPSA) is 46.6 Å². The van der Waals surface area contributed by atoms with Crippen LogP contribution >= 0.6 is 0 Å². The average molecular weight is 281 g/mol. The van der Waals surface area contributed by atoms with E-state index in [9.17, 15) is 14.0 Å². The normalized spacial score (nSPS) is 11.1. The number of benzene rings is 1. The second-order valence-corrected chi connectivity index (χ2v) is 5.11. The molecule has 1 amide bonds. The summed E-state index contributed by atoms with van der Waals surface area (Å²) >= 11 is 0. The number of ether oxygens (including phenoxy) is 1. The Bertz CT molecular complexity index is 526. The fraction of sp³-hybridized carbons (Fsp3) is 0.467. The molecule has 20 heavy (non-hydrogen) atoms. The molecule has 0 saturated carbocycles. The molecule has 0 aliphatic carbocycles. The molecular formula is C15H20FNO3. The molecule has 1 aromatic carbocycles. The first-order chi connectivity index (χ1) is 9.21. The summed E-state index contributed by atoms with van der Waals surface area (Å²) in [5.74, 6) is -1.20. The molecule has 110 valence electrons.